The van der Waals surface area contributed by atoms with Gasteiger partial charge in [-0.3, -0.25) is 0 Å². The Morgan fingerprint density at radius 3 is 2.63 bits per heavy atom. The maximum atomic E-state index is 11.7. The third kappa shape index (κ3) is 7.32. The molecule has 2 aromatic rings. The van der Waals surface area contributed by atoms with Gasteiger partial charge in [0, 0.05) is 23.9 Å². The number of sulfonamides is 1. The van der Waals surface area contributed by atoms with E-state index in [9.17, 15) is 8.42 Å². The smallest absolute Gasteiger partial charge is 0.215 e. The molecule has 0 aliphatic heterocycles. The summed E-state index contributed by atoms with van der Waals surface area (Å²) in [6, 6.07) is 11.7. The van der Waals surface area contributed by atoms with E-state index in [1.54, 1.807) is 11.3 Å². The SMILES string of the molecule is CCNC(=NCc1cccc(CS(=O)(=O)NC)c1)NCC(C)c1cccs1. The summed E-state index contributed by atoms with van der Waals surface area (Å²) in [4.78, 5) is 5.97. The van der Waals surface area contributed by atoms with Crippen molar-refractivity contribution in [2.75, 3.05) is 20.1 Å². The van der Waals surface area contributed by atoms with Crippen molar-refractivity contribution in [3.63, 3.8) is 0 Å². The van der Waals surface area contributed by atoms with Crippen LogP contribution in [0.5, 0.6) is 0 Å². The summed E-state index contributed by atoms with van der Waals surface area (Å²) in [7, 11) is -1.85. The van der Waals surface area contributed by atoms with E-state index in [4.69, 9.17) is 0 Å². The fraction of sp³-hybridized carbons (Fsp3) is 0.421. The van der Waals surface area contributed by atoms with Crippen LogP contribution in [0.3, 0.4) is 0 Å². The molecule has 0 saturated carbocycles. The summed E-state index contributed by atoms with van der Waals surface area (Å²) in [5.74, 6) is 1.13. The lowest BCUT2D eigenvalue weighted by Crippen LogP contribution is -2.39. The predicted molar refractivity (Wildman–Crippen MR) is 114 cm³/mol. The molecule has 1 aromatic heterocycles. The van der Waals surface area contributed by atoms with Crippen molar-refractivity contribution < 1.29 is 8.42 Å². The van der Waals surface area contributed by atoms with Crippen molar-refractivity contribution in [1.29, 1.82) is 0 Å². The largest absolute Gasteiger partial charge is 0.357 e. The van der Waals surface area contributed by atoms with E-state index >= 15 is 0 Å². The fourth-order valence-electron chi connectivity index (χ4n) is 2.54. The molecule has 148 valence electrons. The molecule has 0 saturated heterocycles. The summed E-state index contributed by atoms with van der Waals surface area (Å²) < 4.78 is 25.8. The normalized spacial score (nSPS) is 13.4. The van der Waals surface area contributed by atoms with E-state index in [2.05, 4.69) is 44.8 Å². The van der Waals surface area contributed by atoms with Crippen LogP contribution in [0.15, 0.2) is 46.8 Å². The van der Waals surface area contributed by atoms with Gasteiger partial charge in [0.1, 0.15) is 0 Å². The number of hydrogen-bond acceptors (Lipinski definition) is 4. The van der Waals surface area contributed by atoms with Gasteiger partial charge in [0.15, 0.2) is 5.96 Å². The minimum absolute atomic E-state index is 0.0301. The van der Waals surface area contributed by atoms with E-state index in [1.165, 1.54) is 11.9 Å². The number of rotatable bonds is 9. The van der Waals surface area contributed by atoms with E-state index in [-0.39, 0.29) is 5.75 Å². The third-order valence-electron chi connectivity index (χ3n) is 4.03. The Morgan fingerprint density at radius 1 is 1.19 bits per heavy atom. The molecule has 2 rings (SSSR count). The maximum Gasteiger partial charge on any atom is 0.215 e. The highest BCUT2D eigenvalue weighted by molar-refractivity contribution is 7.88. The number of hydrogen-bond donors (Lipinski definition) is 3. The second kappa shape index (κ2) is 10.4. The zero-order chi connectivity index (χ0) is 19.7. The van der Waals surface area contributed by atoms with Crippen LogP contribution in [0.1, 0.15) is 35.8 Å². The van der Waals surface area contributed by atoms with Gasteiger partial charge in [-0.05, 0) is 36.5 Å². The van der Waals surface area contributed by atoms with Crippen LogP contribution in [-0.2, 0) is 22.3 Å². The number of aliphatic imine (C=N–C) groups is 1. The molecule has 8 heteroatoms. The monoisotopic (exact) mass is 408 g/mol. The van der Waals surface area contributed by atoms with Crippen molar-refractivity contribution in [2.45, 2.75) is 32.1 Å². The quantitative estimate of drug-likeness (QED) is 0.440. The van der Waals surface area contributed by atoms with Crippen molar-refractivity contribution in [2.24, 2.45) is 4.99 Å². The number of thiophene rings is 1. The lowest BCUT2D eigenvalue weighted by molar-refractivity contribution is 0.587. The highest BCUT2D eigenvalue weighted by atomic mass is 32.2. The minimum atomic E-state index is -3.28. The molecule has 0 spiro atoms. The molecule has 3 N–H and O–H groups in total. The van der Waals surface area contributed by atoms with E-state index in [0.717, 1.165) is 30.2 Å². The van der Waals surface area contributed by atoms with Gasteiger partial charge in [-0.25, -0.2) is 18.1 Å². The average molecular weight is 409 g/mol. The molecular weight excluding hydrogens is 380 g/mol. The van der Waals surface area contributed by atoms with Gasteiger partial charge in [0.2, 0.25) is 10.0 Å². The van der Waals surface area contributed by atoms with Gasteiger partial charge >= 0.3 is 0 Å². The van der Waals surface area contributed by atoms with Gasteiger partial charge in [-0.2, -0.15) is 0 Å². The molecule has 0 radical (unpaired) electrons. The summed E-state index contributed by atoms with van der Waals surface area (Å²) >= 11 is 1.76. The van der Waals surface area contributed by atoms with Crippen LogP contribution in [0.2, 0.25) is 0 Å². The van der Waals surface area contributed by atoms with Crippen LogP contribution in [-0.4, -0.2) is 34.5 Å². The third-order valence-corrected chi connectivity index (χ3v) is 6.47. The molecule has 1 aromatic carbocycles. The average Bonchev–Trinajstić information content (AvgIpc) is 3.18. The first-order valence-electron chi connectivity index (χ1n) is 8.98. The first kappa shape index (κ1) is 21.4. The Labute approximate surface area is 166 Å². The van der Waals surface area contributed by atoms with Gasteiger partial charge in [-0.1, -0.05) is 37.3 Å². The number of guanidine groups is 1. The van der Waals surface area contributed by atoms with Gasteiger partial charge in [0.05, 0.1) is 12.3 Å². The predicted octanol–water partition coefficient (Wildman–Crippen LogP) is 2.66. The van der Waals surface area contributed by atoms with Crippen molar-refractivity contribution in [3.8, 4) is 0 Å². The van der Waals surface area contributed by atoms with Gasteiger partial charge in [0.25, 0.3) is 0 Å². The number of nitrogens with zero attached hydrogens (tertiary/aromatic N) is 1. The maximum absolute atomic E-state index is 11.7. The standard InChI is InChI=1S/C19H28N4O2S2/c1-4-21-19(22-12-15(2)18-9-6-10-26-18)23-13-16-7-5-8-17(11-16)14-27(24,25)20-3/h5-11,15,20H,4,12-14H2,1-3H3,(H2,21,22,23). The van der Waals surface area contributed by atoms with Crippen LogP contribution in [0, 0.1) is 0 Å². The molecular formula is C19H28N4O2S2. The number of benzene rings is 1. The van der Waals surface area contributed by atoms with Crippen LogP contribution in [0.25, 0.3) is 0 Å². The van der Waals surface area contributed by atoms with E-state index < -0.39 is 10.0 Å². The second-order valence-corrected chi connectivity index (χ2v) is 9.18. The number of nitrogens with one attached hydrogen (secondary N) is 3. The molecule has 27 heavy (non-hydrogen) atoms. The highest BCUT2D eigenvalue weighted by Gasteiger charge is 2.09. The van der Waals surface area contributed by atoms with Gasteiger partial charge in [-0.15, -0.1) is 11.3 Å². The molecule has 1 atom stereocenters. The Balaban J connectivity index is 1.99. The van der Waals surface area contributed by atoms with Crippen molar-refractivity contribution in [1.82, 2.24) is 15.4 Å². The molecule has 1 heterocycles. The first-order chi connectivity index (χ1) is 12.9. The van der Waals surface area contributed by atoms with Crippen molar-refractivity contribution >= 4 is 27.3 Å². The Morgan fingerprint density at radius 2 is 1.96 bits per heavy atom. The fourth-order valence-corrected chi connectivity index (χ4v) is 4.09. The first-order valence-corrected chi connectivity index (χ1v) is 11.5. The lowest BCUT2D eigenvalue weighted by Gasteiger charge is -2.15. The summed E-state index contributed by atoms with van der Waals surface area (Å²) in [5, 5.41) is 8.72. The molecule has 1 unspecified atom stereocenters. The van der Waals surface area contributed by atoms with E-state index in [0.29, 0.717) is 12.5 Å². The Kier molecular flexibility index (Phi) is 8.27. The Bertz CT molecular complexity index is 833. The summed E-state index contributed by atoms with van der Waals surface area (Å²) in [6.07, 6.45) is 0. The van der Waals surface area contributed by atoms with Crippen LogP contribution >= 0.6 is 11.3 Å². The molecule has 0 bridgehead atoms. The van der Waals surface area contributed by atoms with Crippen LogP contribution < -0.4 is 15.4 Å². The van der Waals surface area contributed by atoms with Crippen molar-refractivity contribution in [3.05, 3.63) is 57.8 Å². The molecule has 0 amide bonds. The topological polar surface area (TPSA) is 82.6 Å². The molecule has 0 fully saturated rings. The highest BCUT2D eigenvalue weighted by Crippen LogP contribution is 2.19. The van der Waals surface area contributed by atoms with Gasteiger partial charge < -0.3 is 10.6 Å². The molecule has 0 aliphatic rings. The summed E-state index contributed by atoms with van der Waals surface area (Å²) in [5.41, 5.74) is 1.73. The van der Waals surface area contributed by atoms with E-state index in [1.807, 2.05) is 31.2 Å². The zero-order valence-corrected chi connectivity index (χ0v) is 17.7. The Hall–Kier alpha value is -1.90. The van der Waals surface area contributed by atoms with Crippen LogP contribution in [0.4, 0.5) is 0 Å². The minimum Gasteiger partial charge on any atom is -0.357 e. The zero-order valence-electron chi connectivity index (χ0n) is 16.0. The lowest BCUT2D eigenvalue weighted by atomic mass is 10.1. The molecule has 0 aliphatic carbocycles. The summed E-state index contributed by atoms with van der Waals surface area (Å²) in [6.45, 7) is 6.28. The molecule has 6 nitrogen and oxygen atoms in total. The second-order valence-electron chi connectivity index (χ2n) is 6.28.